The Bertz CT molecular complexity index is 1060. The van der Waals surface area contributed by atoms with Gasteiger partial charge < -0.3 is 15.3 Å². The van der Waals surface area contributed by atoms with Gasteiger partial charge in [-0.3, -0.25) is 9.52 Å². The topological polar surface area (TPSA) is 126 Å². The Morgan fingerprint density at radius 1 is 1.22 bits per heavy atom. The second-order valence-electron chi connectivity index (χ2n) is 5.53. The van der Waals surface area contributed by atoms with Crippen LogP contribution in [0.3, 0.4) is 0 Å². The van der Waals surface area contributed by atoms with Crippen molar-refractivity contribution in [3.05, 3.63) is 54.4 Å². The van der Waals surface area contributed by atoms with E-state index in [0.29, 0.717) is 10.9 Å². The SMILES string of the molecule is COCCOn1c(C(N)=O)cc2cccc(NS(=O)(=O)c3ccccn3)c21. The predicted molar refractivity (Wildman–Crippen MR) is 98.8 cm³/mol. The molecule has 0 atom stereocenters. The number of pyridine rings is 1. The van der Waals surface area contributed by atoms with Crippen molar-refractivity contribution in [2.75, 3.05) is 25.0 Å². The molecule has 9 nitrogen and oxygen atoms in total. The van der Waals surface area contributed by atoms with Gasteiger partial charge in [0.2, 0.25) is 0 Å². The van der Waals surface area contributed by atoms with Crippen LogP contribution < -0.4 is 15.3 Å². The van der Waals surface area contributed by atoms with Crippen molar-refractivity contribution in [3.8, 4) is 0 Å². The van der Waals surface area contributed by atoms with E-state index in [9.17, 15) is 13.2 Å². The number of methoxy groups -OCH3 is 1. The van der Waals surface area contributed by atoms with Gasteiger partial charge in [-0.25, -0.2) is 4.98 Å². The van der Waals surface area contributed by atoms with E-state index in [2.05, 4.69) is 9.71 Å². The van der Waals surface area contributed by atoms with Crippen LogP contribution >= 0.6 is 0 Å². The number of nitrogens with two attached hydrogens (primary N) is 1. The molecular formula is C17H18N4O5S. The summed E-state index contributed by atoms with van der Waals surface area (Å²) < 4.78 is 33.9. The molecule has 0 radical (unpaired) electrons. The molecule has 0 fully saturated rings. The zero-order valence-electron chi connectivity index (χ0n) is 14.5. The number of hydrogen-bond acceptors (Lipinski definition) is 6. The number of fused-ring (bicyclic) bond motifs is 1. The molecule has 1 amide bonds. The monoisotopic (exact) mass is 390 g/mol. The Hall–Kier alpha value is -3.11. The molecule has 0 aliphatic carbocycles. The summed E-state index contributed by atoms with van der Waals surface area (Å²) >= 11 is 0. The second kappa shape index (κ2) is 7.64. The summed E-state index contributed by atoms with van der Waals surface area (Å²) in [4.78, 5) is 21.2. The molecule has 0 saturated carbocycles. The van der Waals surface area contributed by atoms with Crippen LogP contribution in [0.15, 0.2) is 53.7 Å². The van der Waals surface area contributed by atoms with Crippen LogP contribution in [0.25, 0.3) is 10.9 Å². The molecule has 1 aromatic carbocycles. The van der Waals surface area contributed by atoms with Crippen molar-refractivity contribution >= 4 is 32.5 Å². The van der Waals surface area contributed by atoms with Crippen LogP contribution in [0.2, 0.25) is 0 Å². The zero-order chi connectivity index (χ0) is 19.4. The van der Waals surface area contributed by atoms with Crippen LogP contribution in [0, 0.1) is 0 Å². The highest BCUT2D eigenvalue weighted by Gasteiger charge is 2.21. The lowest BCUT2D eigenvalue weighted by Gasteiger charge is -2.14. The molecule has 0 saturated heterocycles. The first kappa shape index (κ1) is 18.7. The number of para-hydroxylation sites is 1. The average molecular weight is 390 g/mol. The van der Waals surface area contributed by atoms with Crippen molar-refractivity contribution in [1.82, 2.24) is 9.71 Å². The van der Waals surface area contributed by atoms with E-state index in [-0.39, 0.29) is 29.6 Å². The lowest BCUT2D eigenvalue weighted by atomic mass is 10.2. The van der Waals surface area contributed by atoms with Gasteiger partial charge in [0.25, 0.3) is 15.9 Å². The smallest absolute Gasteiger partial charge is 0.279 e. The van der Waals surface area contributed by atoms with E-state index in [4.69, 9.17) is 15.3 Å². The fourth-order valence-electron chi connectivity index (χ4n) is 2.53. The first-order chi connectivity index (χ1) is 12.9. The minimum atomic E-state index is -3.93. The number of benzene rings is 1. The Labute approximate surface area is 155 Å². The molecule has 10 heteroatoms. The molecule has 3 N–H and O–H groups in total. The molecule has 3 aromatic rings. The zero-order valence-corrected chi connectivity index (χ0v) is 15.3. The maximum atomic E-state index is 12.6. The number of amides is 1. The molecule has 0 bridgehead atoms. The van der Waals surface area contributed by atoms with E-state index in [1.165, 1.54) is 30.2 Å². The molecule has 2 heterocycles. The number of hydrogen-bond donors (Lipinski definition) is 2. The number of anilines is 1. The average Bonchev–Trinajstić information content (AvgIpc) is 3.03. The maximum Gasteiger partial charge on any atom is 0.279 e. The molecular weight excluding hydrogens is 372 g/mol. The Kier molecular flexibility index (Phi) is 5.28. The highest BCUT2D eigenvalue weighted by molar-refractivity contribution is 7.92. The molecule has 0 unspecified atom stereocenters. The van der Waals surface area contributed by atoms with Gasteiger partial charge >= 0.3 is 0 Å². The minimum Gasteiger partial charge on any atom is -0.411 e. The number of nitrogens with one attached hydrogen (secondary N) is 1. The Morgan fingerprint density at radius 2 is 2.04 bits per heavy atom. The summed E-state index contributed by atoms with van der Waals surface area (Å²) in [6.45, 7) is 0.418. The van der Waals surface area contributed by atoms with E-state index >= 15 is 0 Å². The van der Waals surface area contributed by atoms with Gasteiger partial charge in [0, 0.05) is 18.7 Å². The van der Waals surface area contributed by atoms with Crippen LogP contribution in [0.5, 0.6) is 0 Å². The Balaban J connectivity index is 2.09. The third kappa shape index (κ3) is 3.86. The first-order valence-electron chi connectivity index (χ1n) is 7.94. The van der Waals surface area contributed by atoms with Gasteiger partial charge in [-0.05, 0) is 24.3 Å². The molecule has 2 aromatic heterocycles. The van der Waals surface area contributed by atoms with E-state index in [1.54, 1.807) is 30.3 Å². The number of carbonyl (C=O) groups is 1. The van der Waals surface area contributed by atoms with Gasteiger partial charge in [-0.2, -0.15) is 13.1 Å². The number of carbonyl (C=O) groups excluding carboxylic acids is 1. The molecule has 27 heavy (non-hydrogen) atoms. The maximum absolute atomic E-state index is 12.6. The van der Waals surface area contributed by atoms with Gasteiger partial charge in [-0.15, -0.1) is 0 Å². The van der Waals surface area contributed by atoms with Crippen molar-refractivity contribution in [3.63, 3.8) is 0 Å². The largest absolute Gasteiger partial charge is 0.411 e. The fraction of sp³-hybridized carbons (Fsp3) is 0.176. The van der Waals surface area contributed by atoms with Crippen molar-refractivity contribution < 1.29 is 22.8 Å². The molecule has 3 rings (SSSR count). The third-order valence-electron chi connectivity index (χ3n) is 3.70. The fourth-order valence-corrected chi connectivity index (χ4v) is 3.55. The normalized spacial score (nSPS) is 11.4. The van der Waals surface area contributed by atoms with E-state index in [0.717, 1.165) is 0 Å². The number of ether oxygens (including phenoxy) is 1. The number of aromatic nitrogens is 2. The first-order valence-corrected chi connectivity index (χ1v) is 9.42. The Morgan fingerprint density at radius 3 is 2.70 bits per heavy atom. The number of primary amides is 1. The van der Waals surface area contributed by atoms with Crippen molar-refractivity contribution in [2.24, 2.45) is 5.73 Å². The summed E-state index contributed by atoms with van der Waals surface area (Å²) in [5.41, 5.74) is 6.11. The quantitative estimate of drug-likeness (QED) is 0.553. The van der Waals surface area contributed by atoms with Crippen LogP contribution in [-0.2, 0) is 14.8 Å². The lowest BCUT2D eigenvalue weighted by molar-refractivity contribution is 0.0581. The molecule has 0 aliphatic rings. The third-order valence-corrected chi connectivity index (χ3v) is 4.98. The van der Waals surface area contributed by atoms with Gasteiger partial charge in [0.15, 0.2) is 5.03 Å². The van der Waals surface area contributed by atoms with E-state index in [1.807, 2.05) is 0 Å². The van der Waals surface area contributed by atoms with Gasteiger partial charge in [0.05, 0.1) is 12.3 Å². The molecule has 0 aliphatic heterocycles. The van der Waals surface area contributed by atoms with Crippen molar-refractivity contribution in [2.45, 2.75) is 5.03 Å². The summed E-state index contributed by atoms with van der Waals surface area (Å²) in [5.74, 6) is -0.706. The number of rotatable bonds is 8. The number of sulfonamides is 1. The summed E-state index contributed by atoms with van der Waals surface area (Å²) in [6, 6.07) is 11.0. The highest BCUT2D eigenvalue weighted by atomic mass is 32.2. The summed E-state index contributed by atoms with van der Waals surface area (Å²) in [6.07, 6.45) is 1.39. The molecule has 0 spiro atoms. The van der Waals surface area contributed by atoms with Gasteiger partial charge in [-0.1, -0.05) is 18.2 Å². The summed E-state index contributed by atoms with van der Waals surface area (Å²) in [5, 5.41) is 0.456. The van der Waals surface area contributed by atoms with Crippen LogP contribution in [-0.4, -0.2) is 44.4 Å². The standard InChI is InChI=1S/C17H18N4O5S/c1-25-9-10-26-21-14(17(18)22)11-12-5-4-6-13(16(12)21)20-27(23,24)15-7-2-3-8-19-15/h2-8,11,20H,9-10H2,1H3,(H2,18,22). The van der Waals surface area contributed by atoms with Crippen molar-refractivity contribution in [1.29, 1.82) is 0 Å². The molecule has 142 valence electrons. The predicted octanol–water partition coefficient (Wildman–Crippen LogP) is 1.01. The number of nitrogens with zero attached hydrogens (tertiary/aromatic N) is 2. The minimum absolute atomic E-state index is 0.0885. The van der Waals surface area contributed by atoms with Gasteiger partial charge in [0.1, 0.15) is 17.8 Å². The van der Waals surface area contributed by atoms with Crippen LogP contribution in [0.1, 0.15) is 10.5 Å². The summed E-state index contributed by atoms with van der Waals surface area (Å²) in [7, 11) is -2.42. The van der Waals surface area contributed by atoms with Crippen LogP contribution in [0.4, 0.5) is 5.69 Å². The lowest BCUT2D eigenvalue weighted by Crippen LogP contribution is -2.24. The second-order valence-corrected chi connectivity index (χ2v) is 7.16. The van der Waals surface area contributed by atoms with E-state index < -0.39 is 15.9 Å². The highest BCUT2D eigenvalue weighted by Crippen LogP contribution is 2.28.